The first-order valence-corrected chi connectivity index (χ1v) is 19.2. The predicted octanol–water partition coefficient (Wildman–Crippen LogP) is 4.87. The summed E-state index contributed by atoms with van der Waals surface area (Å²) in [5, 5.41) is 21.4. The topological polar surface area (TPSA) is 184 Å². The van der Waals surface area contributed by atoms with Gasteiger partial charge in [0.25, 0.3) is 0 Å². The van der Waals surface area contributed by atoms with Crippen LogP contribution in [-0.2, 0) is 54.5 Å². The van der Waals surface area contributed by atoms with Crippen molar-refractivity contribution in [3.63, 3.8) is 0 Å². The van der Waals surface area contributed by atoms with Crippen LogP contribution >= 0.6 is 0 Å². The Kier molecular flexibility index (Phi) is 13.9. The summed E-state index contributed by atoms with van der Waals surface area (Å²) in [6.07, 6.45) is 2.56. The zero-order chi connectivity index (χ0) is 40.9. The van der Waals surface area contributed by atoms with Crippen molar-refractivity contribution >= 4 is 41.1 Å². The molecular formula is C46H45N5O7. The van der Waals surface area contributed by atoms with Gasteiger partial charge in [-0.3, -0.25) is 33.8 Å². The van der Waals surface area contributed by atoms with Crippen molar-refractivity contribution in [2.24, 2.45) is 5.92 Å². The second-order valence-corrected chi connectivity index (χ2v) is 14.4. The van der Waals surface area contributed by atoms with Gasteiger partial charge in [-0.25, -0.2) is 0 Å². The van der Waals surface area contributed by atoms with E-state index in [1.165, 1.54) is 0 Å². The van der Waals surface area contributed by atoms with Gasteiger partial charge >= 0.3 is 5.97 Å². The summed E-state index contributed by atoms with van der Waals surface area (Å²) < 4.78 is 0. The number of aromatic nitrogens is 1. The third-order valence-electron chi connectivity index (χ3n) is 10.1. The van der Waals surface area contributed by atoms with E-state index in [2.05, 4.69) is 26.3 Å². The van der Waals surface area contributed by atoms with Gasteiger partial charge in [0.05, 0.1) is 12.0 Å². The van der Waals surface area contributed by atoms with Crippen molar-refractivity contribution in [1.29, 1.82) is 0 Å². The Balaban J connectivity index is 1.35. The molecule has 4 amide bonds. The normalized spacial score (nSPS) is 19.8. The van der Waals surface area contributed by atoms with Crippen LogP contribution in [0.2, 0.25) is 0 Å². The van der Waals surface area contributed by atoms with Gasteiger partial charge in [-0.05, 0) is 70.5 Å². The van der Waals surface area contributed by atoms with Gasteiger partial charge in [-0.15, -0.1) is 0 Å². The first-order chi connectivity index (χ1) is 28.1. The first-order valence-electron chi connectivity index (χ1n) is 19.2. The molecule has 5 aromatic rings. The Morgan fingerprint density at radius 3 is 1.71 bits per heavy atom. The second kappa shape index (κ2) is 19.8. The van der Waals surface area contributed by atoms with Crippen LogP contribution in [0.25, 0.3) is 11.1 Å². The summed E-state index contributed by atoms with van der Waals surface area (Å²) in [5.41, 5.74) is 5.20. The molecule has 3 heterocycles. The van der Waals surface area contributed by atoms with Crippen LogP contribution in [0.3, 0.4) is 0 Å². The molecule has 2 aliphatic rings. The highest BCUT2D eigenvalue weighted by Gasteiger charge is 2.32. The summed E-state index contributed by atoms with van der Waals surface area (Å²) in [4.78, 5) is 85.4. The number of hydrogen-bond acceptors (Lipinski definition) is 7. The number of amides is 4. The van der Waals surface area contributed by atoms with Gasteiger partial charge in [0.15, 0.2) is 5.78 Å². The van der Waals surface area contributed by atoms with E-state index in [-0.39, 0.29) is 44.9 Å². The molecule has 0 aliphatic carbocycles. The average Bonchev–Trinajstić information content (AvgIpc) is 3.23. The number of aliphatic carboxylic acids is 1. The Bertz CT molecular complexity index is 2200. The van der Waals surface area contributed by atoms with E-state index in [4.69, 9.17) is 0 Å². The van der Waals surface area contributed by atoms with Crippen molar-refractivity contribution in [2.75, 3.05) is 5.32 Å². The van der Waals surface area contributed by atoms with E-state index in [1.807, 2.05) is 72.8 Å². The van der Waals surface area contributed by atoms with Gasteiger partial charge in [-0.2, -0.15) is 0 Å². The number of benzene rings is 4. The number of nitrogens with one attached hydrogen (secondary N) is 4. The van der Waals surface area contributed by atoms with Crippen LogP contribution < -0.4 is 21.3 Å². The molecule has 2 bridgehead atoms. The van der Waals surface area contributed by atoms with Crippen molar-refractivity contribution in [3.05, 3.63) is 156 Å². The third kappa shape index (κ3) is 11.8. The van der Waals surface area contributed by atoms with Crippen LogP contribution in [0.15, 0.2) is 134 Å². The van der Waals surface area contributed by atoms with Gasteiger partial charge < -0.3 is 26.4 Å². The summed E-state index contributed by atoms with van der Waals surface area (Å²) in [6, 6.07) is 32.9. The number of rotatable bonds is 8. The van der Waals surface area contributed by atoms with Crippen molar-refractivity contribution < 1.29 is 33.9 Å². The van der Waals surface area contributed by atoms with Crippen molar-refractivity contribution in [1.82, 2.24) is 20.9 Å². The third-order valence-corrected chi connectivity index (χ3v) is 10.1. The second-order valence-electron chi connectivity index (χ2n) is 14.4. The standard InChI is InChI=1S/C46H45N5O7/c52-41-29-36(46(57)58)25-31-13-17-37(18-14-31)48-42(53)19-20-43(54)49-39(28-33-21-23-47-24-22-33)44(55)51-40(45(56)50-38(41)26-30-7-3-1-4-8-30)27-32-11-15-35(16-12-32)34-9-5-2-6-10-34/h1-18,21-24,36,38-40H,19-20,25-29H2,(H,48,53)(H,49,54)(H,50,56)(H,51,55)(H,57,58)/t36-,38-,39-,40+/m1/s1. The molecule has 0 unspecified atom stereocenters. The van der Waals surface area contributed by atoms with Gasteiger partial charge in [0.2, 0.25) is 23.6 Å². The van der Waals surface area contributed by atoms with Crippen molar-refractivity contribution in [2.45, 2.75) is 63.1 Å². The quantitative estimate of drug-likeness (QED) is 0.138. The molecule has 58 heavy (non-hydrogen) atoms. The zero-order valence-corrected chi connectivity index (χ0v) is 31.8. The summed E-state index contributed by atoms with van der Waals surface area (Å²) >= 11 is 0. The number of carboxylic acids is 1. The van der Waals surface area contributed by atoms with E-state index in [1.54, 1.807) is 60.9 Å². The molecule has 4 atom stereocenters. The summed E-state index contributed by atoms with van der Waals surface area (Å²) in [5.74, 6) is -5.06. The molecule has 1 aromatic heterocycles. The average molecular weight is 780 g/mol. The number of ketones is 1. The van der Waals surface area contributed by atoms with E-state index < -0.39 is 59.4 Å². The highest BCUT2D eigenvalue weighted by molar-refractivity contribution is 5.97. The number of pyridine rings is 1. The monoisotopic (exact) mass is 779 g/mol. The maximum Gasteiger partial charge on any atom is 0.307 e. The van der Waals surface area contributed by atoms with E-state index in [0.717, 1.165) is 16.7 Å². The molecule has 0 saturated heterocycles. The largest absolute Gasteiger partial charge is 0.481 e. The zero-order valence-electron chi connectivity index (χ0n) is 31.8. The molecule has 7 rings (SSSR count). The Labute approximate surface area is 336 Å². The van der Waals surface area contributed by atoms with Gasteiger partial charge in [-0.1, -0.05) is 97.1 Å². The highest BCUT2D eigenvalue weighted by atomic mass is 16.4. The molecular weight excluding hydrogens is 735 g/mol. The number of carbonyl (C=O) groups is 6. The maximum absolute atomic E-state index is 14.4. The van der Waals surface area contributed by atoms with Gasteiger partial charge in [0, 0.05) is 50.2 Å². The van der Waals surface area contributed by atoms with E-state index in [0.29, 0.717) is 22.4 Å². The minimum Gasteiger partial charge on any atom is -0.481 e. The molecule has 0 fully saturated rings. The smallest absolute Gasteiger partial charge is 0.307 e. The molecule has 0 spiro atoms. The lowest BCUT2D eigenvalue weighted by molar-refractivity contribution is -0.144. The predicted molar refractivity (Wildman–Crippen MR) is 218 cm³/mol. The van der Waals surface area contributed by atoms with Crippen LogP contribution in [0.1, 0.15) is 41.5 Å². The maximum atomic E-state index is 14.4. The summed E-state index contributed by atoms with van der Waals surface area (Å²) in [6.45, 7) is 0. The SMILES string of the molecule is O=C1CCC(=O)N[C@H](Cc2ccncc2)C(=O)N[C@@H](Cc2ccc(-c3ccccc3)cc2)C(=O)N[C@H](Cc2ccccc2)C(=O)C[C@H](C(=O)O)Cc2ccc(cc2)N1. The fourth-order valence-electron chi connectivity index (χ4n) is 6.87. The number of carboxylic acid groups (broad SMARTS) is 1. The van der Waals surface area contributed by atoms with Gasteiger partial charge in [0.1, 0.15) is 12.1 Å². The molecule has 296 valence electrons. The number of hydrogen-bond donors (Lipinski definition) is 5. The fraction of sp³-hybridized carbons (Fsp3) is 0.239. The number of fused-ring (bicyclic) bond motifs is 18. The van der Waals surface area contributed by atoms with Crippen LogP contribution in [0, 0.1) is 5.92 Å². The number of Topliss-reactive ketones (excluding diaryl/α,β-unsaturated/α-hetero) is 1. The molecule has 0 saturated carbocycles. The Morgan fingerprint density at radius 1 is 0.552 bits per heavy atom. The molecule has 2 aliphatic heterocycles. The van der Waals surface area contributed by atoms with Crippen LogP contribution in [0.4, 0.5) is 5.69 Å². The first kappa shape index (κ1) is 40.7. The van der Waals surface area contributed by atoms with Crippen LogP contribution in [0.5, 0.6) is 0 Å². The lowest BCUT2D eigenvalue weighted by Crippen LogP contribution is -2.57. The molecule has 12 nitrogen and oxygen atoms in total. The highest BCUT2D eigenvalue weighted by Crippen LogP contribution is 2.21. The molecule has 5 N–H and O–H groups in total. The van der Waals surface area contributed by atoms with Crippen LogP contribution in [-0.4, -0.2) is 63.6 Å². The minimum atomic E-state index is -1.22. The number of nitrogens with zero attached hydrogens (tertiary/aromatic N) is 1. The van der Waals surface area contributed by atoms with Crippen molar-refractivity contribution in [3.8, 4) is 11.1 Å². The minimum absolute atomic E-state index is 0.0258. The Hall–Kier alpha value is -6.95. The Morgan fingerprint density at radius 2 is 1.07 bits per heavy atom. The lowest BCUT2D eigenvalue weighted by Gasteiger charge is -2.26. The fourth-order valence-corrected chi connectivity index (χ4v) is 6.87. The molecule has 0 radical (unpaired) electrons. The van der Waals surface area contributed by atoms with E-state index >= 15 is 0 Å². The molecule has 4 aromatic carbocycles. The lowest BCUT2D eigenvalue weighted by atomic mass is 9.90. The molecule has 12 heteroatoms. The summed E-state index contributed by atoms with van der Waals surface area (Å²) in [7, 11) is 0. The number of anilines is 1. The number of carbonyl (C=O) groups excluding carboxylic acids is 5. The van der Waals surface area contributed by atoms with E-state index in [9.17, 15) is 33.9 Å².